The summed E-state index contributed by atoms with van der Waals surface area (Å²) in [7, 11) is 0. The number of hydrogen-bond acceptors (Lipinski definition) is 3. The summed E-state index contributed by atoms with van der Waals surface area (Å²) in [6, 6.07) is 8.16. The van der Waals surface area contributed by atoms with Gasteiger partial charge in [-0.1, -0.05) is 36.8 Å². The normalized spacial score (nSPS) is 20.5. The fourth-order valence-corrected chi connectivity index (χ4v) is 2.71. The van der Waals surface area contributed by atoms with Crippen LogP contribution in [0.3, 0.4) is 0 Å². The van der Waals surface area contributed by atoms with Crippen molar-refractivity contribution in [3.05, 3.63) is 35.4 Å². The quantitative estimate of drug-likeness (QED) is 0.832. The van der Waals surface area contributed by atoms with Crippen LogP contribution in [0.4, 0.5) is 0 Å². The second-order valence-corrected chi connectivity index (χ2v) is 5.74. The average molecular weight is 277 g/mol. The van der Waals surface area contributed by atoms with Crippen LogP contribution in [0.2, 0.25) is 0 Å². The lowest BCUT2D eigenvalue weighted by molar-refractivity contribution is 0.0669. The zero-order chi connectivity index (χ0) is 14.4. The van der Waals surface area contributed by atoms with Gasteiger partial charge >= 0.3 is 0 Å². The lowest BCUT2D eigenvalue weighted by atomic mass is 10.0. The highest BCUT2D eigenvalue weighted by Gasteiger charge is 2.19. The molecule has 0 aromatic heterocycles. The number of benzene rings is 1. The van der Waals surface area contributed by atoms with E-state index in [1.54, 1.807) is 0 Å². The molecule has 1 aromatic carbocycles. The molecule has 0 bridgehead atoms. The van der Waals surface area contributed by atoms with Crippen molar-refractivity contribution in [2.45, 2.75) is 45.3 Å². The van der Waals surface area contributed by atoms with Gasteiger partial charge in [0.1, 0.15) is 0 Å². The molecule has 1 N–H and O–H groups in total. The molecule has 1 aliphatic heterocycles. The van der Waals surface area contributed by atoms with E-state index >= 15 is 0 Å². The van der Waals surface area contributed by atoms with Gasteiger partial charge in [0.05, 0.1) is 12.2 Å². The highest BCUT2D eigenvalue weighted by Crippen LogP contribution is 2.19. The number of aliphatic hydroxyl groups is 1. The molecule has 2 unspecified atom stereocenters. The van der Waals surface area contributed by atoms with Crippen LogP contribution in [0.15, 0.2) is 24.3 Å². The minimum Gasteiger partial charge on any atom is -0.388 e. The Morgan fingerprint density at radius 2 is 2.10 bits per heavy atom. The Balaban J connectivity index is 1.78. The van der Waals surface area contributed by atoms with Gasteiger partial charge < -0.3 is 14.7 Å². The number of rotatable bonds is 7. The van der Waals surface area contributed by atoms with Crippen molar-refractivity contribution in [3.63, 3.8) is 0 Å². The second kappa shape index (κ2) is 7.77. The topological polar surface area (TPSA) is 32.7 Å². The van der Waals surface area contributed by atoms with Crippen molar-refractivity contribution in [2.75, 3.05) is 26.2 Å². The maximum atomic E-state index is 10.3. The van der Waals surface area contributed by atoms with Crippen molar-refractivity contribution < 1.29 is 9.84 Å². The van der Waals surface area contributed by atoms with E-state index in [0.29, 0.717) is 6.10 Å². The summed E-state index contributed by atoms with van der Waals surface area (Å²) in [5.74, 6) is 0. The first-order valence-electron chi connectivity index (χ1n) is 7.77. The molecule has 1 aromatic rings. The number of hydrogen-bond donors (Lipinski definition) is 1. The molecule has 112 valence electrons. The summed E-state index contributed by atoms with van der Waals surface area (Å²) in [5.41, 5.74) is 2.25. The Hall–Kier alpha value is -0.900. The standard InChI is InChI=1S/C17H27NO2/c1-3-18(13-16-5-4-12-20-16)11-10-17(19)15-8-6-14(2)7-9-15/h6-9,16-17,19H,3-5,10-13H2,1-2H3. The first-order valence-corrected chi connectivity index (χ1v) is 7.77. The molecule has 1 fully saturated rings. The Bertz CT molecular complexity index is 384. The van der Waals surface area contributed by atoms with E-state index in [4.69, 9.17) is 4.74 Å². The molecular weight excluding hydrogens is 250 g/mol. The highest BCUT2D eigenvalue weighted by molar-refractivity contribution is 5.22. The minimum atomic E-state index is -0.367. The molecule has 3 heteroatoms. The Labute approximate surface area is 122 Å². The second-order valence-electron chi connectivity index (χ2n) is 5.74. The molecule has 3 nitrogen and oxygen atoms in total. The zero-order valence-corrected chi connectivity index (χ0v) is 12.7. The monoisotopic (exact) mass is 277 g/mol. The molecular formula is C17H27NO2. The van der Waals surface area contributed by atoms with Crippen molar-refractivity contribution >= 4 is 0 Å². The number of ether oxygens (including phenoxy) is 1. The molecule has 2 rings (SSSR count). The summed E-state index contributed by atoms with van der Waals surface area (Å²) >= 11 is 0. The molecule has 0 saturated carbocycles. The first-order chi connectivity index (χ1) is 9.69. The summed E-state index contributed by atoms with van der Waals surface area (Å²) in [6.45, 7) is 8.08. The van der Waals surface area contributed by atoms with Crippen LogP contribution in [0.25, 0.3) is 0 Å². The third-order valence-corrected chi connectivity index (χ3v) is 4.11. The van der Waals surface area contributed by atoms with Gasteiger partial charge in [-0.3, -0.25) is 0 Å². The molecule has 0 aliphatic carbocycles. The van der Waals surface area contributed by atoms with Gasteiger partial charge in [0, 0.05) is 19.7 Å². The van der Waals surface area contributed by atoms with Crippen LogP contribution in [0.5, 0.6) is 0 Å². The van der Waals surface area contributed by atoms with Gasteiger partial charge in [-0.15, -0.1) is 0 Å². The van der Waals surface area contributed by atoms with E-state index in [2.05, 4.69) is 30.9 Å². The third kappa shape index (κ3) is 4.58. The summed E-state index contributed by atoms with van der Waals surface area (Å²) in [6.07, 6.45) is 3.18. The predicted octanol–water partition coefficient (Wildman–Crippen LogP) is 2.92. The molecule has 1 heterocycles. The third-order valence-electron chi connectivity index (χ3n) is 4.11. The van der Waals surface area contributed by atoms with E-state index < -0.39 is 0 Å². The van der Waals surface area contributed by atoms with Gasteiger partial charge in [-0.25, -0.2) is 0 Å². The van der Waals surface area contributed by atoms with Crippen LogP contribution >= 0.6 is 0 Å². The molecule has 1 saturated heterocycles. The minimum absolute atomic E-state index is 0.367. The number of likely N-dealkylation sites (N-methyl/N-ethyl adjacent to an activating group) is 1. The van der Waals surface area contributed by atoms with Gasteiger partial charge in [-0.05, 0) is 38.3 Å². The molecule has 2 atom stereocenters. The van der Waals surface area contributed by atoms with Gasteiger partial charge in [0.25, 0.3) is 0 Å². The molecule has 0 spiro atoms. The lowest BCUT2D eigenvalue weighted by Crippen LogP contribution is -2.33. The Morgan fingerprint density at radius 1 is 1.35 bits per heavy atom. The summed E-state index contributed by atoms with van der Waals surface area (Å²) < 4.78 is 5.69. The fourth-order valence-electron chi connectivity index (χ4n) is 2.71. The Kier molecular flexibility index (Phi) is 6.02. The average Bonchev–Trinajstić information content (AvgIpc) is 2.96. The van der Waals surface area contributed by atoms with Crippen molar-refractivity contribution in [3.8, 4) is 0 Å². The van der Waals surface area contributed by atoms with Crippen LogP contribution < -0.4 is 0 Å². The zero-order valence-electron chi connectivity index (χ0n) is 12.7. The van der Waals surface area contributed by atoms with Gasteiger partial charge in [0.2, 0.25) is 0 Å². The first kappa shape index (κ1) is 15.5. The van der Waals surface area contributed by atoms with Crippen LogP contribution in [-0.2, 0) is 4.74 Å². The van der Waals surface area contributed by atoms with E-state index in [1.165, 1.54) is 18.4 Å². The molecule has 20 heavy (non-hydrogen) atoms. The fraction of sp³-hybridized carbons (Fsp3) is 0.647. The van der Waals surface area contributed by atoms with Gasteiger partial charge in [-0.2, -0.15) is 0 Å². The Morgan fingerprint density at radius 3 is 2.70 bits per heavy atom. The molecule has 0 amide bonds. The van der Waals surface area contributed by atoms with Crippen LogP contribution in [-0.4, -0.2) is 42.4 Å². The highest BCUT2D eigenvalue weighted by atomic mass is 16.5. The molecule has 1 aliphatic rings. The lowest BCUT2D eigenvalue weighted by Gasteiger charge is -2.24. The number of nitrogens with zero attached hydrogens (tertiary/aromatic N) is 1. The van der Waals surface area contributed by atoms with Crippen molar-refractivity contribution in [1.82, 2.24) is 4.90 Å². The predicted molar refractivity (Wildman–Crippen MR) is 81.8 cm³/mol. The van der Waals surface area contributed by atoms with Crippen molar-refractivity contribution in [2.24, 2.45) is 0 Å². The van der Waals surface area contributed by atoms with Crippen LogP contribution in [0.1, 0.15) is 43.4 Å². The summed E-state index contributed by atoms with van der Waals surface area (Å²) in [5, 5.41) is 10.3. The molecule has 0 radical (unpaired) electrons. The van der Waals surface area contributed by atoms with E-state index in [-0.39, 0.29) is 6.10 Å². The largest absolute Gasteiger partial charge is 0.388 e. The SMILES string of the molecule is CCN(CCC(O)c1ccc(C)cc1)CC1CCCO1. The number of aryl methyl sites for hydroxylation is 1. The summed E-state index contributed by atoms with van der Waals surface area (Å²) in [4.78, 5) is 2.38. The maximum Gasteiger partial charge on any atom is 0.0802 e. The van der Waals surface area contributed by atoms with Crippen LogP contribution in [0, 0.1) is 6.92 Å². The van der Waals surface area contributed by atoms with Gasteiger partial charge in [0.15, 0.2) is 0 Å². The van der Waals surface area contributed by atoms with E-state index in [9.17, 15) is 5.11 Å². The number of aliphatic hydroxyl groups excluding tert-OH is 1. The maximum absolute atomic E-state index is 10.3. The van der Waals surface area contributed by atoms with E-state index in [0.717, 1.165) is 38.2 Å². The van der Waals surface area contributed by atoms with E-state index in [1.807, 2.05) is 12.1 Å². The van der Waals surface area contributed by atoms with Crippen molar-refractivity contribution in [1.29, 1.82) is 0 Å². The smallest absolute Gasteiger partial charge is 0.0802 e.